The molecule has 16 heavy (non-hydrogen) atoms. The maximum atomic E-state index is 12.2. The summed E-state index contributed by atoms with van der Waals surface area (Å²) in [6.45, 7) is 0.875. The smallest absolute Gasteiger partial charge is 0.243 e. The fourth-order valence-corrected chi connectivity index (χ4v) is 3.29. The summed E-state index contributed by atoms with van der Waals surface area (Å²) >= 11 is 1.74. The number of amides is 1. The maximum absolute atomic E-state index is 12.2. The average molecular weight is 236 g/mol. The summed E-state index contributed by atoms with van der Waals surface area (Å²) in [4.78, 5) is 15.5. The van der Waals surface area contributed by atoms with Gasteiger partial charge in [0.15, 0.2) is 0 Å². The van der Waals surface area contributed by atoms with Crippen molar-refractivity contribution in [2.45, 2.75) is 37.3 Å². The van der Waals surface area contributed by atoms with Crippen LogP contribution >= 0.6 is 11.3 Å². The zero-order chi connectivity index (χ0) is 11.2. The molecule has 3 nitrogen and oxygen atoms in total. The normalized spacial score (nSPS) is 27.1. The van der Waals surface area contributed by atoms with Gasteiger partial charge in [-0.1, -0.05) is 6.07 Å². The molecule has 2 aliphatic rings. The number of rotatable bonds is 2. The Morgan fingerprint density at radius 2 is 2.38 bits per heavy atom. The van der Waals surface area contributed by atoms with Gasteiger partial charge in [-0.25, -0.2) is 0 Å². The van der Waals surface area contributed by atoms with Crippen molar-refractivity contribution in [3.63, 3.8) is 0 Å². The largest absolute Gasteiger partial charge is 0.333 e. The first-order valence-electron chi connectivity index (χ1n) is 5.84. The van der Waals surface area contributed by atoms with E-state index in [0.717, 1.165) is 32.2 Å². The second-order valence-corrected chi connectivity index (χ2v) is 5.81. The first-order chi connectivity index (χ1) is 7.71. The molecule has 1 unspecified atom stereocenters. The van der Waals surface area contributed by atoms with Crippen LogP contribution in [-0.2, 0) is 4.79 Å². The zero-order valence-corrected chi connectivity index (χ0v) is 10.0. The van der Waals surface area contributed by atoms with Crippen molar-refractivity contribution in [2.24, 2.45) is 5.73 Å². The van der Waals surface area contributed by atoms with Crippen LogP contribution in [0.25, 0.3) is 0 Å². The van der Waals surface area contributed by atoms with E-state index in [4.69, 9.17) is 5.73 Å². The van der Waals surface area contributed by atoms with Crippen LogP contribution in [0.3, 0.4) is 0 Å². The third kappa shape index (κ3) is 1.57. The summed E-state index contributed by atoms with van der Waals surface area (Å²) in [5.41, 5.74) is 5.48. The Kier molecular flexibility index (Phi) is 2.30. The van der Waals surface area contributed by atoms with Gasteiger partial charge in [-0.3, -0.25) is 4.79 Å². The van der Waals surface area contributed by atoms with Crippen LogP contribution in [0.5, 0.6) is 0 Å². The van der Waals surface area contributed by atoms with Gasteiger partial charge in [-0.2, -0.15) is 0 Å². The molecular weight excluding hydrogens is 220 g/mol. The summed E-state index contributed by atoms with van der Waals surface area (Å²) in [5.74, 6) is 0.170. The zero-order valence-electron chi connectivity index (χ0n) is 9.19. The third-order valence-corrected chi connectivity index (χ3v) is 4.57. The molecule has 0 radical (unpaired) electrons. The molecule has 1 atom stereocenters. The highest BCUT2D eigenvalue weighted by Gasteiger charge is 2.50. The summed E-state index contributed by atoms with van der Waals surface area (Å²) < 4.78 is 0. The number of nitrogens with two attached hydrogens (primary N) is 1. The molecule has 1 aliphatic carbocycles. The Morgan fingerprint density at radius 1 is 1.56 bits per heavy atom. The Bertz CT molecular complexity index is 397. The van der Waals surface area contributed by atoms with Crippen molar-refractivity contribution in [3.8, 4) is 0 Å². The molecule has 2 N–H and O–H groups in total. The maximum Gasteiger partial charge on any atom is 0.243 e. The molecule has 1 saturated carbocycles. The molecule has 2 heterocycles. The van der Waals surface area contributed by atoms with Gasteiger partial charge < -0.3 is 10.6 Å². The number of carbonyl (C=O) groups excluding carboxylic acids is 1. The molecule has 86 valence electrons. The number of hydrogen-bond acceptors (Lipinski definition) is 3. The van der Waals surface area contributed by atoms with Crippen molar-refractivity contribution < 1.29 is 4.79 Å². The van der Waals surface area contributed by atoms with E-state index in [1.54, 1.807) is 11.3 Å². The van der Waals surface area contributed by atoms with E-state index in [2.05, 4.69) is 17.5 Å². The fourth-order valence-electron chi connectivity index (χ4n) is 2.42. The molecule has 0 spiro atoms. The lowest BCUT2D eigenvalue weighted by atomic mass is 10.1. The Morgan fingerprint density at radius 3 is 3.00 bits per heavy atom. The predicted molar refractivity (Wildman–Crippen MR) is 64.2 cm³/mol. The van der Waals surface area contributed by atoms with Crippen molar-refractivity contribution in [2.75, 3.05) is 6.54 Å². The van der Waals surface area contributed by atoms with E-state index in [1.165, 1.54) is 4.88 Å². The molecule has 0 aromatic carbocycles. The summed E-state index contributed by atoms with van der Waals surface area (Å²) in [6.07, 6.45) is 3.91. The van der Waals surface area contributed by atoms with E-state index >= 15 is 0 Å². The molecule has 1 aliphatic heterocycles. The van der Waals surface area contributed by atoms with Crippen LogP contribution in [0.4, 0.5) is 0 Å². The van der Waals surface area contributed by atoms with Crippen molar-refractivity contribution >= 4 is 17.2 Å². The Balaban J connectivity index is 1.82. The van der Waals surface area contributed by atoms with Gasteiger partial charge in [0.05, 0.1) is 11.6 Å². The van der Waals surface area contributed by atoms with Gasteiger partial charge in [-0.05, 0) is 37.1 Å². The lowest BCUT2D eigenvalue weighted by Gasteiger charge is -2.26. The molecule has 0 bridgehead atoms. The first-order valence-corrected chi connectivity index (χ1v) is 6.72. The highest BCUT2D eigenvalue weighted by Crippen LogP contribution is 2.41. The molecule has 2 fully saturated rings. The SMILES string of the molecule is NC1(C(=O)N2CCCC2c2cccs2)CC1. The van der Waals surface area contributed by atoms with E-state index in [9.17, 15) is 4.79 Å². The molecule has 3 rings (SSSR count). The lowest BCUT2D eigenvalue weighted by Crippen LogP contribution is -2.45. The number of hydrogen-bond donors (Lipinski definition) is 1. The summed E-state index contributed by atoms with van der Waals surface area (Å²) in [5, 5.41) is 2.08. The average Bonchev–Trinajstić information content (AvgIpc) is 2.80. The van der Waals surface area contributed by atoms with Gasteiger partial charge in [0.2, 0.25) is 5.91 Å². The highest BCUT2D eigenvalue weighted by molar-refractivity contribution is 7.10. The fraction of sp³-hybridized carbons (Fsp3) is 0.583. The Hall–Kier alpha value is -0.870. The summed E-state index contributed by atoms with van der Waals surface area (Å²) in [6, 6.07) is 4.46. The lowest BCUT2D eigenvalue weighted by molar-refractivity contribution is -0.134. The topological polar surface area (TPSA) is 46.3 Å². The van der Waals surface area contributed by atoms with Crippen molar-refractivity contribution in [1.82, 2.24) is 4.90 Å². The number of carbonyl (C=O) groups is 1. The third-order valence-electron chi connectivity index (χ3n) is 3.60. The van der Waals surface area contributed by atoms with Gasteiger partial charge in [0.1, 0.15) is 0 Å². The predicted octanol–water partition coefficient (Wildman–Crippen LogP) is 1.90. The van der Waals surface area contributed by atoms with Gasteiger partial charge in [0.25, 0.3) is 0 Å². The number of nitrogens with zero attached hydrogens (tertiary/aromatic N) is 1. The standard InChI is InChI=1S/C12H16N2OS/c13-12(5-6-12)11(15)14-7-1-3-9(14)10-4-2-8-16-10/h2,4,8-9H,1,3,5-7,13H2. The van der Waals surface area contributed by atoms with Crippen LogP contribution < -0.4 is 5.73 Å². The first kappa shape index (κ1) is 10.3. The van der Waals surface area contributed by atoms with E-state index in [1.807, 2.05) is 4.90 Å². The monoisotopic (exact) mass is 236 g/mol. The quantitative estimate of drug-likeness (QED) is 0.852. The minimum Gasteiger partial charge on any atom is -0.333 e. The molecule has 1 aromatic heterocycles. The highest BCUT2D eigenvalue weighted by atomic mass is 32.1. The van der Waals surface area contributed by atoms with Crippen LogP contribution in [-0.4, -0.2) is 22.9 Å². The van der Waals surface area contributed by atoms with Crippen LogP contribution in [0, 0.1) is 0 Å². The molecule has 1 saturated heterocycles. The van der Waals surface area contributed by atoms with Crippen LogP contribution in [0.1, 0.15) is 36.6 Å². The van der Waals surface area contributed by atoms with E-state index in [0.29, 0.717) is 0 Å². The second-order valence-electron chi connectivity index (χ2n) is 4.83. The van der Waals surface area contributed by atoms with E-state index < -0.39 is 5.54 Å². The number of likely N-dealkylation sites (tertiary alicyclic amines) is 1. The molecule has 1 amide bonds. The molecule has 4 heteroatoms. The van der Waals surface area contributed by atoms with Gasteiger partial charge >= 0.3 is 0 Å². The minimum atomic E-state index is -0.514. The Labute approximate surface area is 99.2 Å². The molecule has 1 aromatic rings. The van der Waals surface area contributed by atoms with Crippen LogP contribution in [0.2, 0.25) is 0 Å². The summed E-state index contributed by atoms with van der Waals surface area (Å²) in [7, 11) is 0. The van der Waals surface area contributed by atoms with Crippen LogP contribution in [0.15, 0.2) is 17.5 Å². The second kappa shape index (κ2) is 3.57. The van der Waals surface area contributed by atoms with Crippen molar-refractivity contribution in [3.05, 3.63) is 22.4 Å². The molecular formula is C12H16N2OS. The van der Waals surface area contributed by atoms with Crippen molar-refractivity contribution in [1.29, 1.82) is 0 Å². The van der Waals surface area contributed by atoms with Gasteiger partial charge in [0, 0.05) is 11.4 Å². The minimum absolute atomic E-state index is 0.170. The van der Waals surface area contributed by atoms with Gasteiger partial charge in [-0.15, -0.1) is 11.3 Å². The van der Waals surface area contributed by atoms with E-state index in [-0.39, 0.29) is 11.9 Å². The number of thiophene rings is 1.